The average Bonchev–Trinajstić information content (AvgIpc) is 2.92. The second-order valence-corrected chi connectivity index (χ2v) is 5.89. The van der Waals surface area contributed by atoms with E-state index in [4.69, 9.17) is 5.26 Å². The molecule has 0 N–H and O–H groups in total. The monoisotopic (exact) mass is 277 g/mol. The second kappa shape index (κ2) is 9.75. The number of hydrogen-bond donors (Lipinski definition) is 0. The standard InChI is InChI=1S/C16H23NOS/c1-2-3-4-5-6-7-8-10-15(18)14(13-17)16-11-9-12-19-16/h9,11-12,14H,2-8,10H2,1H3. The Balaban J connectivity index is 2.18. The van der Waals surface area contributed by atoms with Crippen LogP contribution in [0.4, 0.5) is 0 Å². The summed E-state index contributed by atoms with van der Waals surface area (Å²) in [4.78, 5) is 12.9. The molecule has 1 atom stereocenters. The molecule has 0 fully saturated rings. The van der Waals surface area contributed by atoms with Gasteiger partial charge in [0.05, 0.1) is 6.07 Å². The van der Waals surface area contributed by atoms with Crippen molar-refractivity contribution < 1.29 is 4.79 Å². The molecule has 0 aliphatic heterocycles. The highest BCUT2D eigenvalue weighted by atomic mass is 32.1. The number of rotatable bonds is 10. The highest BCUT2D eigenvalue weighted by Crippen LogP contribution is 2.23. The van der Waals surface area contributed by atoms with Crippen LogP contribution in [0.2, 0.25) is 0 Å². The van der Waals surface area contributed by atoms with Gasteiger partial charge in [-0.05, 0) is 17.9 Å². The largest absolute Gasteiger partial charge is 0.298 e. The minimum absolute atomic E-state index is 0.0820. The van der Waals surface area contributed by atoms with Crippen molar-refractivity contribution in [2.45, 2.75) is 64.2 Å². The van der Waals surface area contributed by atoms with Gasteiger partial charge in [-0.1, -0.05) is 51.5 Å². The lowest BCUT2D eigenvalue weighted by Crippen LogP contribution is -2.09. The lowest BCUT2D eigenvalue weighted by molar-refractivity contribution is -0.119. The van der Waals surface area contributed by atoms with Gasteiger partial charge in [-0.2, -0.15) is 5.26 Å². The number of thiophene rings is 1. The molecule has 1 aromatic heterocycles. The zero-order chi connectivity index (χ0) is 13.9. The Kier molecular flexibility index (Phi) is 8.16. The van der Waals surface area contributed by atoms with Gasteiger partial charge >= 0.3 is 0 Å². The topological polar surface area (TPSA) is 40.9 Å². The molecule has 2 nitrogen and oxygen atoms in total. The summed E-state index contributed by atoms with van der Waals surface area (Å²) >= 11 is 1.49. The van der Waals surface area contributed by atoms with Gasteiger partial charge in [-0.25, -0.2) is 0 Å². The average molecular weight is 277 g/mol. The van der Waals surface area contributed by atoms with Gasteiger partial charge in [0, 0.05) is 11.3 Å². The molecule has 1 heterocycles. The number of carbonyl (C=O) groups is 1. The third kappa shape index (κ3) is 6.02. The first-order valence-corrected chi connectivity index (χ1v) is 8.13. The molecule has 0 aliphatic carbocycles. The van der Waals surface area contributed by atoms with Crippen LogP contribution < -0.4 is 0 Å². The van der Waals surface area contributed by atoms with E-state index in [2.05, 4.69) is 13.0 Å². The van der Waals surface area contributed by atoms with Crippen LogP contribution in [0.15, 0.2) is 17.5 Å². The maximum absolute atomic E-state index is 12.0. The van der Waals surface area contributed by atoms with Crippen LogP contribution in [0.3, 0.4) is 0 Å². The van der Waals surface area contributed by atoms with Gasteiger partial charge in [0.25, 0.3) is 0 Å². The van der Waals surface area contributed by atoms with Gasteiger partial charge in [0.2, 0.25) is 0 Å². The molecule has 3 heteroatoms. The third-order valence-electron chi connectivity index (χ3n) is 3.31. The number of hydrogen-bond acceptors (Lipinski definition) is 3. The van der Waals surface area contributed by atoms with Crippen LogP contribution in [0, 0.1) is 11.3 Å². The minimum Gasteiger partial charge on any atom is -0.298 e. The van der Waals surface area contributed by atoms with Crippen molar-refractivity contribution >= 4 is 17.1 Å². The Morgan fingerprint density at radius 1 is 1.26 bits per heavy atom. The van der Waals surface area contributed by atoms with E-state index in [0.29, 0.717) is 6.42 Å². The summed E-state index contributed by atoms with van der Waals surface area (Å²) in [6.45, 7) is 2.21. The van der Waals surface area contributed by atoms with E-state index in [9.17, 15) is 4.79 Å². The first-order chi connectivity index (χ1) is 9.29. The van der Waals surface area contributed by atoms with Gasteiger partial charge in [-0.15, -0.1) is 11.3 Å². The molecule has 0 saturated carbocycles. The molecule has 0 radical (unpaired) electrons. The summed E-state index contributed by atoms with van der Waals surface area (Å²) < 4.78 is 0. The van der Waals surface area contributed by atoms with E-state index >= 15 is 0 Å². The predicted octanol–water partition coefficient (Wildman–Crippen LogP) is 5.07. The Bertz CT molecular complexity index is 391. The molecule has 19 heavy (non-hydrogen) atoms. The van der Waals surface area contributed by atoms with Crippen molar-refractivity contribution in [3.63, 3.8) is 0 Å². The second-order valence-electron chi connectivity index (χ2n) is 4.92. The van der Waals surface area contributed by atoms with Gasteiger partial charge < -0.3 is 0 Å². The van der Waals surface area contributed by atoms with Crippen molar-refractivity contribution in [1.29, 1.82) is 5.26 Å². The molecular formula is C16H23NOS. The molecule has 0 spiro atoms. The van der Waals surface area contributed by atoms with Crippen LogP contribution in [0.5, 0.6) is 0 Å². The van der Waals surface area contributed by atoms with E-state index in [-0.39, 0.29) is 5.78 Å². The SMILES string of the molecule is CCCCCCCCCC(=O)C(C#N)c1cccs1. The van der Waals surface area contributed by atoms with Gasteiger partial charge in [0.15, 0.2) is 5.78 Å². The zero-order valence-corrected chi connectivity index (χ0v) is 12.5. The van der Waals surface area contributed by atoms with Crippen LogP contribution in [-0.2, 0) is 4.79 Å². The molecule has 0 saturated heterocycles. The number of nitriles is 1. The Morgan fingerprint density at radius 2 is 1.95 bits per heavy atom. The van der Waals surface area contributed by atoms with Crippen LogP contribution >= 0.6 is 11.3 Å². The van der Waals surface area contributed by atoms with E-state index < -0.39 is 5.92 Å². The van der Waals surface area contributed by atoms with Gasteiger partial charge in [-0.3, -0.25) is 4.79 Å². The number of ketones is 1. The summed E-state index contributed by atoms with van der Waals surface area (Å²) in [6, 6.07) is 5.90. The van der Waals surface area contributed by atoms with E-state index in [0.717, 1.165) is 17.7 Å². The fourth-order valence-corrected chi connectivity index (χ4v) is 2.94. The normalized spacial score (nSPS) is 12.0. The van der Waals surface area contributed by atoms with Crippen molar-refractivity contribution in [3.05, 3.63) is 22.4 Å². The van der Waals surface area contributed by atoms with E-state index in [1.165, 1.54) is 43.4 Å². The molecule has 1 aromatic rings. The maximum Gasteiger partial charge on any atom is 0.155 e. The van der Waals surface area contributed by atoms with Crippen molar-refractivity contribution in [2.75, 3.05) is 0 Å². The van der Waals surface area contributed by atoms with Crippen molar-refractivity contribution in [1.82, 2.24) is 0 Å². The Labute approximate surface area is 120 Å². The fraction of sp³-hybridized carbons (Fsp3) is 0.625. The molecule has 0 bridgehead atoms. The number of carbonyl (C=O) groups excluding carboxylic acids is 1. The zero-order valence-electron chi connectivity index (χ0n) is 11.7. The number of unbranched alkanes of at least 4 members (excludes halogenated alkanes) is 6. The molecular weight excluding hydrogens is 254 g/mol. The van der Waals surface area contributed by atoms with Gasteiger partial charge in [0.1, 0.15) is 5.92 Å². The third-order valence-corrected chi connectivity index (χ3v) is 4.24. The van der Waals surface area contributed by atoms with E-state index in [1.807, 2.05) is 17.5 Å². The molecule has 104 valence electrons. The minimum atomic E-state index is -0.542. The first-order valence-electron chi connectivity index (χ1n) is 7.25. The highest BCUT2D eigenvalue weighted by molar-refractivity contribution is 7.10. The molecule has 0 amide bonds. The molecule has 0 aromatic carbocycles. The fourth-order valence-electron chi connectivity index (χ4n) is 2.15. The van der Waals surface area contributed by atoms with Crippen molar-refractivity contribution in [2.24, 2.45) is 0 Å². The van der Waals surface area contributed by atoms with Crippen LogP contribution in [-0.4, -0.2) is 5.78 Å². The molecule has 1 rings (SSSR count). The molecule has 1 unspecified atom stereocenters. The summed E-state index contributed by atoms with van der Waals surface area (Å²) in [7, 11) is 0. The van der Waals surface area contributed by atoms with Crippen LogP contribution in [0.1, 0.15) is 69.1 Å². The summed E-state index contributed by atoms with van der Waals surface area (Å²) in [5.41, 5.74) is 0. The smallest absolute Gasteiger partial charge is 0.155 e. The van der Waals surface area contributed by atoms with Crippen LogP contribution in [0.25, 0.3) is 0 Å². The summed E-state index contributed by atoms with van der Waals surface area (Å²) in [5, 5.41) is 11.0. The lowest BCUT2D eigenvalue weighted by atomic mass is 9.98. The summed E-state index contributed by atoms with van der Waals surface area (Å²) in [6.07, 6.45) is 8.95. The lowest BCUT2D eigenvalue weighted by Gasteiger charge is -2.06. The Hall–Kier alpha value is -1.14. The Morgan fingerprint density at radius 3 is 2.53 bits per heavy atom. The quantitative estimate of drug-likeness (QED) is 0.560. The molecule has 0 aliphatic rings. The predicted molar refractivity (Wildman–Crippen MR) is 80.3 cm³/mol. The number of nitrogens with zero attached hydrogens (tertiary/aromatic N) is 1. The van der Waals surface area contributed by atoms with E-state index in [1.54, 1.807) is 0 Å². The number of Topliss-reactive ketones (excluding diaryl/α,β-unsaturated/α-hetero) is 1. The van der Waals surface area contributed by atoms with Crippen molar-refractivity contribution in [3.8, 4) is 6.07 Å². The maximum atomic E-state index is 12.0. The first kappa shape index (κ1) is 15.9. The highest BCUT2D eigenvalue weighted by Gasteiger charge is 2.20. The summed E-state index contributed by atoms with van der Waals surface area (Å²) in [5.74, 6) is -0.460.